The van der Waals surface area contributed by atoms with E-state index in [2.05, 4.69) is 0 Å². The number of hydrogen-bond donors (Lipinski definition) is 0. The Morgan fingerprint density at radius 1 is 1.33 bits per heavy atom. The lowest BCUT2D eigenvalue weighted by atomic mass is 9.89. The molecule has 1 saturated heterocycles. The summed E-state index contributed by atoms with van der Waals surface area (Å²) in [6, 6.07) is 9.47. The van der Waals surface area contributed by atoms with Crippen LogP contribution in [-0.2, 0) is 0 Å². The van der Waals surface area contributed by atoms with Gasteiger partial charge < -0.3 is 4.81 Å². The fourth-order valence-electron chi connectivity index (χ4n) is 2.06. The molecule has 1 aliphatic rings. The first-order valence-electron chi connectivity index (χ1n) is 5.36. The van der Waals surface area contributed by atoms with Crippen molar-refractivity contribution >= 4 is 13.8 Å². The molecule has 0 amide bonds. The minimum atomic E-state index is 0.0751. The maximum absolute atomic E-state index is 12.1. The number of piperidine rings is 1. The van der Waals surface area contributed by atoms with Crippen LogP contribution in [0.4, 0.5) is 0 Å². The molecule has 0 saturated carbocycles. The molecule has 2 rings (SSSR count). The molecule has 76 valence electrons. The Morgan fingerprint density at radius 3 is 2.73 bits per heavy atom. The molecular formula is C12H14BNO. The van der Waals surface area contributed by atoms with E-state index in [1.165, 1.54) is 0 Å². The summed E-state index contributed by atoms with van der Waals surface area (Å²) in [5, 5.41) is 0. The van der Waals surface area contributed by atoms with Gasteiger partial charge in [-0.1, -0.05) is 30.3 Å². The van der Waals surface area contributed by atoms with E-state index in [1.807, 2.05) is 30.3 Å². The highest BCUT2D eigenvalue weighted by Crippen LogP contribution is 2.19. The zero-order valence-corrected chi connectivity index (χ0v) is 8.73. The van der Waals surface area contributed by atoms with Crippen LogP contribution in [0.2, 0.25) is 0 Å². The second-order valence-corrected chi connectivity index (χ2v) is 4.06. The average Bonchev–Trinajstić information content (AvgIpc) is 2.29. The molecule has 15 heavy (non-hydrogen) atoms. The van der Waals surface area contributed by atoms with Crippen molar-refractivity contribution in [1.29, 1.82) is 0 Å². The van der Waals surface area contributed by atoms with E-state index < -0.39 is 0 Å². The van der Waals surface area contributed by atoms with Crippen molar-refractivity contribution in [2.45, 2.75) is 12.8 Å². The quantitative estimate of drug-likeness (QED) is 0.533. The zero-order chi connectivity index (χ0) is 10.7. The van der Waals surface area contributed by atoms with Crippen molar-refractivity contribution in [3.05, 3.63) is 35.9 Å². The molecule has 2 radical (unpaired) electrons. The zero-order valence-electron chi connectivity index (χ0n) is 8.73. The average molecular weight is 199 g/mol. The Hall–Kier alpha value is -1.09. The maximum atomic E-state index is 12.1. The van der Waals surface area contributed by atoms with Gasteiger partial charge in [-0.05, 0) is 25.9 Å². The van der Waals surface area contributed by atoms with Crippen molar-refractivity contribution in [3.63, 3.8) is 0 Å². The second kappa shape index (κ2) is 4.62. The van der Waals surface area contributed by atoms with Gasteiger partial charge in [0.1, 0.15) is 0 Å². The summed E-state index contributed by atoms with van der Waals surface area (Å²) in [6.07, 6.45) is 1.97. The topological polar surface area (TPSA) is 20.3 Å². The first-order valence-corrected chi connectivity index (χ1v) is 5.36. The summed E-state index contributed by atoms with van der Waals surface area (Å²) in [6.45, 7) is 1.59. The van der Waals surface area contributed by atoms with Gasteiger partial charge in [0, 0.05) is 11.5 Å². The van der Waals surface area contributed by atoms with E-state index in [4.69, 9.17) is 7.98 Å². The number of benzene rings is 1. The van der Waals surface area contributed by atoms with Gasteiger partial charge >= 0.3 is 0 Å². The lowest BCUT2D eigenvalue weighted by molar-refractivity contribution is 0.0872. The van der Waals surface area contributed by atoms with E-state index in [-0.39, 0.29) is 11.7 Å². The van der Waals surface area contributed by atoms with E-state index in [1.54, 1.807) is 4.81 Å². The monoisotopic (exact) mass is 199 g/mol. The highest BCUT2D eigenvalue weighted by Gasteiger charge is 2.24. The van der Waals surface area contributed by atoms with Crippen LogP contribution >= 0.6 is 0 Å². The molecule has 1 aromatic rings. The fraction of sp³-hybridized carbons (Fsp3) is 0.417. The lowest BCUT2D eigenvalue weighted by Gasteiger charge is -2.29. The van der Waals surface area contributed by atoms with Gasteiger partial charge in [-0.3, -0.25) is 4.79 Å². The van der Waals surface area contributed by atoms with Gasteiger partial charge in [-0.15, -0.1) is 0 Å². The third kappa shape index (κ3) is 2.48. The summed E-state index contributed by atoms with van der Waals surface area (Å²) in [7, 11) is 5.72. The summed E-state index contributed by atoms with van der Waals surface area (Å²) >= 11 is 0. The van der Waals surface area contributed by atoms with Crippen molar-refractivity contribution in [1.82, 2.24) is 4.81 Å². The van der Waals surface area contributed by atoms with Gasteiger partial charge in [0.2, 0.25) is 0 Å². The number of rotatable bonds is 2. The van der Waals surface area contributed by atoms with Gasteiger partial charge in [0.05, 0.1) is 0 Å². The normalized spacial score (nSPS) is 22.5. The molecule has 2 nitrogen and oxygen atoms in total. The number of Topliss-reactive ketones (excluding diaryl/α,β-unsaturated/α-hetero) is 1. The predicted octanol–water partition coefficient (Wildman–Crippen LogP) is 1.66. The van der Waals surface area contributed by atoms with Crippen LogP contribution in [0.1, 0.15) is 23.2 Å². The fourth-order valence-corrected chi connectivity index (χ4v) is 2.06. The SMILES string of the molecule is [B]N1CCCC(C(=O)c2ccccc2)C1. The number of hydrogen-bond acceptors (Lipinski definition) is 2. The molecule has 3 heteroatoms. The van der Waals surface area contributed by atoms with E-state index in [0.29, 0.717) is 6.54 Å². The summed E-state index contributed by atoms with van der Waals surface area (Å²) in [5.41, 5.74) is 0.804. The van der Waals surface area contributed by atoms with Gasteiger partial charge in [-0.25, -0.2) is 0 Å². The van der Waals surface area contributed by atoms with Gasteiger partial charge in [-0.2, -0.15) is 0 Å². The Labute approximate surface area is 91.7 Å². The standard InChI is InChI=1S/C12H14BNO/c13-14-8-4-7-11(9-14)12(15)10-5-2-1-3-6-10/h1-3,5-6,11H,4,7-9H2. The number of nitrogens with zero attached hydrogens (tertiary/aromatic N) is 1. The number of carbonyl (C=O) groups is 1. The van der Waals surface area contributed by atoms with Crippen LogP contribution in [0.15, 0.2) is 30.3 Å². The molecular weight excluding hydrogens is 185 g/mol. The highest BCUT2D eigenvalue weighted by atomic mass is 16.1. The lowest BCUT2D eigenvalue weighted by Crippen LogP contribution is -2.36. The minimum Gasteiger partial charge on any atom is -0.353 e. The van der Waals surface area contributed by atoms with E-state index >= 15 is 0 Å². The third-order valence-electron chi connectivity index (χ3n) is 2.88. The van der Waals surface area contributed by atoms with Crippen molar-refractivity contribution < 1.29 is 4.79 Å². The van der Waals surface area contributed by atoms with Crippen LogP contribution < -0.4 is 0 Å². The van der Waals surface area contributed by atoms with Crippen LogP contribution in [0, 0.1) is 5.92 Å². The Kier molecular flexibility index (Phi) is 3.22. The second-order valence-electron chi connectivity index (χ2n) is 4.06. The van der Waals surface area contributed by atoms with Crippen molar-refractivity contribution in [3.8, 4) is 0 Å². The van der Waals surface area contributed by atoms with E-state index in [0.717, 1.165) is 24.9 Å². The molecule has 1 heterocycles. The number of ketones is 1. The van der Waals surface area contributed by atoms with E-state index in [9.17, 15) is 4.79 Å². The molecule has 1 fully saturated rings. The molecule has 1 aromatic carbocycles. The van der Waals surface area contributed by atoms with Gasteiger partial charge in [0.25, 0.3) is 0 Å². The molecule has 1 atom stereocenters. The molecule has 0 bridgehead atoms. The summed E-state index contributed by atoms with van der Waals surface area (Å²) in [4.78, 5) is 13.8. The van der Waals surface area contributed by atoms with Crippen molar-refractivity contribution in [2.24, 2.45) is 5.92 Å². The molecule has 1 unspecified atom stereocenters. The molecule has 0 aliphatic carbocycles. The van der Waals surface area contributed by atoms with Crippen LogP contribution in [0.5, 0.6) is 0 Å². The first-order chi connectivity index (χ1) is 7.27. The molecule has 0 N–H and O–H groups in total. The Bertz CT molecular complexity index is 339. The largest absolute Gasteiger partial charge is 0.353 e. The third-order valence-corrected chi connectivity index (χ3v) is 2.88. The number of carbonyl (C=O) groups excluding carboxylic acids is 1. The van der Waals surface area contributed by atoms with Crippen LogP contribution in [0.25, 0.3) is 0 Å². The Balaban J connectivity index is 2.08. The molecule has 0 spiro atoms. The predicted molar refractivity (Wildman–Crippen MR) is 60.8 cm³/mol. The first kappa shape index (κ1) is 10.4. The van der Waals surface area contributed by atoms with Gasteiger partial charge in [0.15, 0.2) is 13.8 Å². The summed E-state index contributed by atoms with van der Waals surface area (Å²) in [5.74, 6) is 0.303. The smallest absolute Gasteiger partial charge is 0.182 e. The van der Waals surface area contributed by atoms with Crippen molar-refractivity contribution in [2.75, 3.05) is 13.1 Å². The maximum Gasteiger partial charge on any atom is 0.182 e. The highest BCUT2D eigenvalue weighted by molar-refractivity contribution is 6.05. The molecule has 1 aliphatic heterocycles. The van der Waals surface area contributed by atoms with Crippen LogP contribution in [0.3, 0.4) is 0 Å². The Morgan fingerprint density at radius 2 is 2.07 bits per heavy atom. The summed E-state index contributed by atoms with van der Waals surface area (Å²) < 4.78 is 0. The van der Waals surface area contributed by atoms with Crippen LogP contribution in [-0.4, -0.2) is 31.7 Å². The molecule has 0 aromatic heterocycles. The minimum absolute atomic E-state index is 0.0751.